The van der Waals surface area contributed by atoms with Crippen LogP contribution in [0.2, 0.25) is 0 Å². The Labute approximate surface area is 159 Å². The van der Waals surface area contributed by atoms with Gasteiger partial charge in [-0.15, -0.1) is 0 Å². The lowest BCUT2D eigenvalue weighted by molar-refractivity contribution is -0.141. The van der Waals surface area contributed by atoms with Gasteiger partial charge in [0.2, 0.25) is 0 Å². The van der Waals surface area contributed by atoms with Gasteiger partial charge in [0.1, 0.15) is 12.4 Å². The van der Waals surface area contributed by atoms with Crippen LogP contribution in [0.1, 0.15) is 29.1 Å². The summed E-state index contributed by atoms with van der Waals surface area (Å²) in [6, 6.07) is 14.2. The van der Waals surface area contributed by atoms with Crippen molar-refractivity contribution in [2.45, 2.75) is 19.5 Å². The van der Waals surface area contributed by atoms with Crippen molar-refractivity contribution in [2.24, 2.45) is 0 Å². The molecule has 6 nitrogen and oxygen atoms in total. The molecule has 0 aliphatic rings. The van der Waals surface area contributed by atoms with Crippen molar-refractivity contribution in [2.75, 3.05) is 7.11 Å². The third-order valence-electron chi connectivity index (χ3n) is 4.04. The van der Waals surface area contributed by atoms with Crippen LogP contribution in [0.5, 0.6) is 0 Å². The molecule has 0 spiro atoms. The van der Waals surface area contributed by atoms with Crippen LogP contribution in [0.4, 0.5) is 0 Å². The Morgan fingerprint density at radius 2 is 1.88 bits per heavy atom. The van der Waals surface area contributed by atoms with Crippen molar-refractivity contribution in [3.8, 4) is 0 Å². The molecule has 0 aliphatic heterocycles. The molecule has 0 fully saturated rings. The van der Waals surface area contributed by atoms with Crippen LogP contribution in [0.15, 0.2) is 53.0 Å². The highest BCUT2D eigenvalue weighted by Gasteiger charge is 2.20. The summed E-state index contributed by atoms with van der Waals surface area (Å²) in [5.74, 6) is 0.0181. The maximum atomic E-state index is 12.5. The highest BCUT2D eigenvalue weighted by molar-refractivity contribution is 9.10. The molecule has 0 saturated heterocycles. The average molecular weight is 416 g/mol. The van der Waals surface area contributed by atoms with E-state index in [4.69, 9.17) is 4.74 Å². The predicted octanol–water partition coefficient (Wildman–Crippen LogP) is 3.46. The van der Waals surface area contributed by atoms with Crippen molar-refractivity contribution >= 4 is 38.8 Å². The summed E-state index contributed by atoms with van der Waals surface area (Å²) < 4.78 is 7.47. The highest BCUT2D eigenvalue weighted by Crippen LogP contribution is 2.21. The molecule has 7 heteroatoms. The largest absolute Gasteiger partial charge is 0.468 e. The number of fused-ring (bicyclic) bond motifs is 1. The Morgan fingerprint density at radius 1 is 1.19 bits per heavy atom. The van der Waals surface area contributed by atoms with E-state index >= 15 is 0 Å². The van der Waals surface area contributed by atoms with Crippen LogP contribution in [0.3, 0.4) is 0 Å². The number of hydrogen-bond acceptors (Lipinski definition) is 4. The van der Waals surface area contributed by atoms with Crippen molar-refractivity contribution < 1.29 is 14.3 Å². The molecule has 1 amide bonds. The molecule has 1 N–H and O–H groups in total. The second kappa shape index (κ2) is 7.70. The zero-order chi connectivity index (χ0) is 18.7. The first-order chi connectivity index (χ1) is 12.5. The number of rotatable bonds is 5. The zero-order valence-corrected chi connectivity index (χ0v) is 16.0. The molecule has 1 unspecified atom stereocenters. The fourth-order valence-electron chi connectivity index (χ4n) is 2.73. The maximum absolute atomic E-state index is 12.5. The van der Waals surface area contributed by atoms with Gasteiger partial charge in [0.05, 0.1) is 24.2 Å². The monoisotopic (exact) mass is 415 g/mol. The molecule has 0 saturated carbocycles. The number of hydrogen-bond donors (Lipinski definition) is 1. The molecule has 26 heavy (non-hydrogen) atoms. The Morgan fingerprint density at radius 3 is 2.58 bits per heavy atom. The Kier molecular flexibility index (Phi) is 5.37. The number of ether oxygens (including phenoxy) is 1. The van der Waals surface area contributed by atoms with Crippen molar-refractivity contribution in [1.82, 2.24) is 14.9 Å². The zero-order valence-electron chi connectivity index (χ0n) is 14.4. The van der Waals surface area contributed by atoms with Gasteiger partial charge >= 0.3 is 5.97 Å². The van der Waals surface area contributed by atoms with E-state index in [9.17, 15) is 9.59 Å². The third-order valence-corrected chi connectivity index (χ3v) is 4.57. The number of aromatic nitrogens is 2. The first kappa shape index (κ1) is 18.1. The summed E-state index contributed by atoms with van der Waals surface area (Å²) in [5.41, 5.74) is 2.13. The quantitative estimate of drug-likeness (QED) is 0.647. The highest BCUT2D eigenvalue weighted by atomic mass is 79.9. The predicted molar refractivity (Wildman–Crippen MR) is 102 cm³/mol. The molecule has 0 aliphatic carbocycles. The van der Waals surface area contributed by atoms with E-state index in [1.54, 1.807) is 16.7 Å². The fraction of sp³-hybridized carbons (Fsp3) is 0.211. The SMILES string of the molecule is COC(=O)Cn1c(C(C)NC(=O)c2ccc(Br)cc2)nc2ccccc21. The maximum Gasteiger partial charge on any atom is 0.325 e. The van der Waals surface area contributed by atoms with E-state index in [1.165, 1.54) is 7.11 Å². The number of methoxy groups -OCH3 is 1. The van der Waals surface area contributed by atoms with Gasteiger partial charge in [-0.1, -0.05) is 28.1 Å². The van der Waals surface area contributed by atoms with Gasteiger partial charge in [-0.3, -0.25) is 9.59 Å². The van der Waals surface area contributed by atoms with Crippen molar-refractivity contribution in [3.63, 3.8) is 0 Å². The lowest BCUT2D eigenvalue weighted by atomic mass is 10.2. The van der Waals surface area contributed by atoms with Gasteiger partial charge in [0, 0.05) is 10.0 Å². The van der Waals surface area contributed by atoms with Gasteiger partial charge in [0.15, 0.2) is 0 Å². The molecule has 3 aromatic rings. The number of para-hydroxylation sites is 2. The molecule has 2 aromatic carbocycles. The van der Waals surface area contributed by atoms with Gasteiger partial charge in [-0.25, -0.2) is 4.98 Å². The van der Waals surface area contributed by atoms with Gasteiger partial charge < -0.3 is 14.6 Å². The van der Waals surface area contributed by atoms with Crippen LogP contribution in [-0.4, -0.2) is 28.5 Å². The molecule has 0 radical (unpaired) electrons. The summed E-state index contributed by atoms with van der Waals surface area (Å²) in [6.07, 6.45) is 0. The smallest absolute Gasteiger partial charge is 0.325 e. The molecule has 0 bridgehead atoms. The summed E-state index contributed by atoms with van der Waals surface area (Å²) in [5, 5.41) is 2.93. The van der Waals surface area contributed by atoms with Crippen LogP contribution >= 0.6 is 15.9 Å². The van der Waals surface area contributed by atoms with Crippen molar-refractivity contribution in [1.29, 1.82) is 0 Å². The Hall–Kier alpha value is -2.67. The minimum atomic E-state index is -0.386. The second-order valence-electron chi connectivity index (χ2n) is 5.82. The number of halogens is 1. The van der Waals surface area contributed by atoms with Gasteiger partial charge in [0.25, 0.3) is 5.91 Å². The van der Waals surface area contributed by atoms with E-state index < -0.39 is 0 Å². The van der Waals surface area contributed by atoms with Crippen LogP contribution in [0.25, 0.3) is 11.0 Å². The lowest BCUT2D eigenvalue weighted by Crippen LogP contribution is -2.29. The van der Waals surface area contributed by atoms with E-state index in [1.807, 2.05) is 43.3 Å². The van der Waals surface area contributed by atoms with E-state index in [2.05, 4.69) is 26.2 Å². The average Bonchev–Trinajstić information content (AvgIpc) is 3.00. The number of esters is 1. The summed E-state index contributed by atoms with van der Waals surface area (Å²) in [6.45, 7) is 1.87. The number of carbonyl (C=O) groups is 2. The molecular formula is C19H18BrN3O3. The minimum Gasteiger partial charge on any atom is -0.468 e. The number of carbonyl (C=O) groups excluding carboxylic acids is 2. The second-order valence-corrected chi connectivity index (χ2v) is 6.74. The summed E-state index contributed by atoms with van der Waals surface area (Å²) in [7, 11) is 1.35. The van der Waals surface area contributed by atoms with E-state index in [-0.39, 0.29) is 24.5 Å². The number of nitrogens with one attached hydrogen (secondary N) is 1. The molecule has 1 heterocycles. The molecule has 3 rings (SSSR count). The number of amides is 1. The summed E-state index contributed by atoms with van der Waals surface area (Å²) >= 11 is 3.35. The first-order valence-electron chi connectivity index (χ1n) is 8.08. The number of benzene rings is 2. The third kappa shape index (κ3) is 3.77. The van der Waals surface area contributed by atoms with Crippen LogP contribution < -0.4 is 5.32 Å². The molecule has 1 atom stereocenters. The van der Waals surface area contributed by atoms with Gasteiger partial charge in [-0.05, 0) is 43.3 Å². The topological polar surface area (TPSA) is 73.2 Å². The Bertz CT molecular complexity index is 950. The van der Waals surface area contributed by atoms with Crippen molar-refractivity contribution in [3.05, 3.63) is 64.4 Å². The van der Waals surface area contributed by atoms with Crippen LogP contribution in [0, 0.1) is 0 Å². The lowest BCUT2D eigenvalue weighted by Gasteiger charge is -2.16. The van der Waals surface area contributed by atoms with Crippen LogP contribution in [-0.2, 0) is 16.1 Å². The van der Waals surface area contributed by atoms with E-state index in [0.717, 1.165) is 15.5 Å². The van der Waals surface area contributed by atoms with Gasteiger partial charge in [-0.2, -0.15) is 0 Å². The first-order valence-corrected chi connectivity index (χ1v) is 8.87. The normalized spacial score (nSPS) is 12.0. The number of nitrogens with zero attached hydrogens (tertiary/aromatic N) is 2. The standard InChI is InChI=1S/C19H18BrN3O3/c1-12(21-19(25)13-7-9-14(20)10-8-13)18-22-15-5-3-4-6-16(15)23(18)11-17(24)26-2/h3-10,12H,11H2,1-2H3,(H,21,25). The molecule has 1 aromatic heterocycles. The number of imidazole rings is 1. The minimum absolute atomic E-state index is 0.0326. The Balaban J connectivity index is 1.90. The molecule has 134 valence electrons. The summed E-state index contributed by atoms with van der Waals surface area (Å²) in [4.78, 5) is 28.9. The fourth-order valence-corrected chi connectivity index (χ4v) is 2.99. The molecular weight excluding hydrogens is 398 g/mol. The van der Waals surface area contributed by atoms with E-state index in [0.29, 0.717) is 11.4 Å².